The molecule has 2 nitrogen and oxygen atoms in total. The Balaban J connectivity index is 2.39. The highest BCUT2D eigenvalue weighted by molar-refractivity contribution is 6.30. The highest BCUT2D eigenvalue weighted by atomic mass is 35.5. The molecule has 1 N–H and O–H groups in total. The standard InChI is InChI=1S/C15H25ClN2/c1-12(2)8-15(18(3)4)11-17-10-13-6-5-7-14(16)9-13/h5-7,9,12,15,17H,8,10-11H2,1-4H3. The van der Waals surface area contributed by atoms with Crippen LogP contribution in [0, 0.1) is 5.92 Å². The van der Waals surface area contributed by atoms with Crippen molar-refractivity contribution < 1.29 is 0 Å². The minimum absolute atomic E-state index is 0.587. The molecule has 1 aromatic rings. The summed E-state index contributed by atoms with van der Waals surface area (Å²) in [6, 6.07) is 8.61. The van der Waals surface area contributed by atoms with Gasteiger partial charge in [0.2, 0.25) is 0 Å². The van der Waals surface area contributed by atoms with E-state index in [9.17, 15) is 0 Å². The van der Waals surface area contributed by atoms with Crippen molar-refractivity contribution in [1.29, 1.82) is 0 Å². The topological polar surface area (TPSA) is 15.3 Å². The molecule has 102 valence electrons. The number of benzene rings is 1. The summed E-state index contributed by atoms with van der Waals surface area (Å²) in [5, 5.41) is 4.32. The summed E-state index contributed by atoms with van der Waals surface area (Å²) in [7, 11) is 4.29. The van der Waals surface area contributed by atoms with Crippen LogP contribution in [0.15, 0.2) is 24.3 Å². The van der Waals surface area contributed by atoms with E-state index in [4.69, 9.17) is 11.6 Å². The first-order valence-electron chi connectivity index (χ1n) is 6.60. The molecule has 0 aliphatic carbocycles. The van der Waals surface area contributed by atoms with Crippen molar-refractivity contribution in [1.82, 2.24) is 10.2 Å². The normalized spacial score (nSPS) is 13.3. The highest BCUT2D eigenvalue weighted by Crippen LogP contribution is 2.11. The number of nitrogens with one attached hydrogen (secondary N) is 1. The summed E-state index contributed by atoms with van der Waals surface area (Å²) >= 11 is 5.97. The van der Waals surface area contributed by atoms with E-state index >= 15 is 0 Å². The average Bonchev–Trinajstić information content (AvgIpc) is 2.27. The molecule has 1 unspecified atom stereocenters. The van der Waals surface area contributed by atoms with Crippen molar-refractivity contribution in [3.63, 3.8) is 0 Å². The van der Waals surface area contributed by atoms with E-state index in [1.807, 2.05) is 18.2 Å². The number of likely N-dealkylation sites (N-methyl/N-ethyl adjacent to an activating group) is 1. The molecular formula is C15H25ClN2. The molecule has 0 fully saturated rings. The van der Waals surface area contributed by atoms with Crippen LogP contribution in [-0.4, -0.2) is 31.6 Å². The van der Waals surface area contributed by atoms with Gasteiger partial charge in [-0.05, 0) is 44.1 Å². The third-order valence-electron chi connectivity index (χ3n) is 3.07. The Labute approximate surface area is 116 Å². The molecule has 0 amide bonds. The van der Waals surface area contributed by atoms with Crippen molar-refractivity contribution in [3.8, 4) is 0 Å². The molecule has 1 atom stereocenters. The van der Waals surface area contributed by atoms with Gasteiger partial charge in [-0.1, -0.05) is 37.6 Å². The zero-order valence-corrected chi connectivity index (χ0v) is 12.7. The molecule has 3 heteroatoms. The minimum atomic E-state index is 0.587. The van der Waals surface area contributed by atoms with Gasteiger partial charge in [0.1, 0.15) is 0 Å². The van der Waals surface area contributed by atoms with Gasteiger partial charge in [0.15, 0.2) is 0 Å². The van der Waals surface area contributed by atoms with E-state index in [2.05, 4.69) is 44.2 Å². The SMILES string of the molecule is CC(C)CC(CNCc1cccc(Cl)c1)N(C)C. The Bertz CT molecular complexity index is 350. The Hall–Kier alpha value is -0.570. The van der Waals surface area contributed by atoms with Gasteiger partial charge in [0, 0.05) is 24.2 Å². The van der Waals surface area contributed by atoms with Gasteiger partial charge in [-0.25, -0.2) is 0 Å². The predicted molar refractivity (Wildman–Crippen MR) is 80.1 cm³/mol. The second-order valence-corrected chi connectivity index (χ2v) is 5.94. The molecule has 1 rings (SSSR count). The lowest BCUT2D eigenvalue weighted by Crippen LogP contribution is -2.38. The van der Waals surface area contributed by atoms with E-state index < -0.39 is 0 Å². The molecule has 0 saturated carbocycles. The van der Waals surface area contributed by atoms with Crippen LogP contribution in [0.5, 0.6) is 0 Å². The number of halogens is 1. The Morgan fingerprint density at radius 3 is 2.56 bits per heavy atom. The fourth-order valence-electron chi connectivity index (χ4n) is 2.05. The first-order chi connectivity index (χ1) is 8.49. The molecule has 0 spiro atoms. The van der Waals surface area contributed by atoms with Crippen LogP contribution in [0.1, 0.15) is 25.8 Å². The lowest BCUT2D eigenvalue weighted by molar-refractivity contribution is 0.246. The first kappa shape index (κ1) is 15.5. The van der Waals surface area contributed by atoms with Gasteiger partial charge in [0.05, 0.1) is 0 Å². The molecule has 0 radical (unpaired) electrons. The van der Waals surface area contributed by atoms with Crippen molar-refractivity contribution in [2.24, 2.45) is 5.92 Å². The van der Waals surface area contributed by atoms with Gasteiger partial charge in [-0.15, -0.1) is 0 Å². The fourth-order valence-corrected chi connectivity index (χ4v) is 2.26. The highest BCUT2D eigenvalue weighted by Gasteiger charge is 2.12. The molecule has 0 saturated heterocycles. The largest absolute Gasteiger partial charge is 0.311 e. The van der Waals surface area contributed by atoms with E-state index in [-0.39, 0.29) is 0 Å². The van der Waals surface area contributed by atoms with Crippen molar-refractivity contribution in [3.05, 3.63) is 34.9 Å². The smallest absolute Gasteiger partial charge is 0.0409 e. The van der Waals surface area contributed by atoms with Gasteiger partial charge in [-0.3, -0.25) is 0 Å². The molecule has 0 aliphatic heterocycles. The summed E-state index contributed by atoms with van der Waals surface area (Å²) in [5.41, 5.74) is 1.24. The Morgan fingerprint density at radius 1 is 1.28 bits per heavy atom. The predicted octanol–water partition coefficient (Wildman–Crippen LogP) is 3.41. The van der Waals surface area contributed by atoms with Crippen LogP contribution < -0.4 is 5.32 Å². The van der Waals surface area contributed by atoms with Crippen molar-refractivity contribution in [2.45, 2.75) is 32.9 Å². The van der Waals surface area contributed by atoms with E-state index in [1.54, 1.807) is 0 Å². The lowest BCUT2D eigenvalue weighted by atomic mass is 10.0. The average molecular weight is 269 g/mol. The molecular weight excluding hydrogens is 244 g/mol. The minimum Gasteiger partial charge on any atom is -0.311 e. The number of hydrogen-bond donors (Lipinski definition) is 1. The number of rotatable bonds is 7. The number of hydrogen-bond acceptors (Lipinski definition) is 2. The summed E-state index contributed by atoms with van der Waals surface area (Å²) in [4.78, 5) is 2.30. The maximum Gasteiger partial charge on any atom is 0.0409 e. The quantitative estimate of drug-likeness (QED) is 0.815. The Kier molecular flexibility index (Phi) is 6.69. The molecule has 0 aromatic heterocycles. The molecule has 0 bridgehead atoms. The van der Waals surface area contributed by atoms with Gasteiger partial charge >= 0.3 is 0 Å². The third kappa shape index (κ3) is 5.85. The first-order valence-corrected chi connectivity index (χ1v) is 6.98. The second kappa shape index (κ2) is 7.78. The maximum atomic E-state index is 5.97. The third-order valence-corrected chi connectivity index (χ3v) is 3.31. The van der Waals surface area contributed by atoms with Crippen LogP contribution in [0.3, 0.4) is 0 Å². The van der Waals surface area contributed by atoms with E-state index in [0.717, 1.165) is 24.0 Å². The van der Waals surface area contributed by atoms with Gasteiger partial charge < -0.3 is 10.2 Å². The van der Waals surface area contributed by atoms with Crippen LogP contribution in [0.2, 0.25) is 5.02 Å². The molecule has 18 heavy (non-hydrogen) atoms. The summed E-state index contributed by atoms with van der Waals surface area (Å²) in [5.74, 6) is 0.727. The lowest BCUT2D eigenvalue weighted by Gasteiger charge is -2.26. The number of nitrogens with zero attached hydrogens (tertiary/aromatic N) is 1. The van der Waals surface area contributed by atoms with Gasteiger partial charge in [-0.2, -0.15) is 0 Å². The second-order valence-electron chi connectivity index (χ2n) is 5.51. The van der Waals surface area contributed by atoms with Crippen molar-refractivity contribution >= 4 is 11.6 Å². The zero-order chi connectivity index (χ0) is 13.5. The van der Waals surface area contributed by atoms with E-state index in [0.29, 0.717) is 6.04 Å². The van der Waals surface area contributed by atoms with Crippen LogP contribution in [-0.2, 0) is 6.54 Å². The summed E-state index contributed by atoms with van der Waals surface area (Å²) in [6.45, 7) is 6.43. The molecule has 0 heterocycles. The molecule has 1 aromatic carbocycles. The van der Waals surface area contributed by atoms with E-state index in [1.165, 1.54) is 12.0 Å². The van der Waals surface area contributed by atoms with Crippen molar-refractivity contribution in [2.75, 3.05) is 20.6 Å². The van der Waals surface area contributed by atoms with Crippen LogP contribution in [0.25, 0.3) is 0 Å². The fraction of sp³-hybridized carbons (Fsp3) is 0.600. The van der Waals surface area contributed by atoms with Crippen LogP contribution in [0.4, 0.5) is 0 Å². The zero-order valence-electron chi connectivity index (χ0n) is 11.9. The van der Waals surface area contributed by atoms with Crippen LogP contribution >= 0.6 is 11.6 Å². The maximum absolute atomic E-state index is 5.97. The monoisotopic (exact) mass is 268 g/mol. The summed E-state index contributed by atoms with van der Waals surface area (Å²) in [6.07, 6.45) is 1.22. The molecule has 0 aliphatic rings. The Morgan fingerprint density at radius 2 is 2.00 bits per heavy atom. The van der Waals surface area contributed by atoms with Gasteiger partial charge in [0.25, 0.3) is 0 Å². The summed E-state index contributed by atoms with van der Waals surface area (Å²) < 4.78 is 0.